The second-order valence-electron chi connectivity index (χ2n) is 5.63. The van der Waals surface area contributed by atoms with Crippen LogP contribution in [-0.2, 0) is 16.1 Å². The largest absolute Gasteiger partial charge is 0.352 e. The molecule has 1 aromatic rings. The fraction of sp³-hybridized carbons (Fsp3) is 0.667. The zero-order chi connectivity index (χ0) is 15.1. The van der Waals surface area contributed by atoms with Crippen LogP contribution in [0.3, 0.4) is 0 Å². The quantitative estimate of drug-likeness (QED) is 0.807. The van der Waals surface area contributed by atoms with Gasteiger partial charge in [0.1, 0.15) is 6.54 Å². The second-order valence-corrected chi connectivity index (χ2v) is 5.63. The van der Waals surface area contributed by atoms with Gasteiger partial charge in [-0.1, -0.05) is 26.2 Å². The van der Waals surface area contributed by atoms with Crippen LogP contribution in [0.15, 0.2) is 12.4 Å². The van der Waals surface area contributed by atoms with Crippen LogP contribution in [-0.4, -0.2) is 27.6 Å². The van der Waals surface area contributed by atoms with E-state index in [1.165, 1.54) is 12.8 Å². The monoisotopic (exact) mass is 292 g/mol. The molecule has 116 valence electrons. The van der Waals surface area contributed by atoms with E-state index in [1.54, 1.807) is 17.1 Å². The highest BCUT2D eigenvalue weighted by Gasteiger charge is 2.17. The van der Waals surface area contributed by atoms with Crippen molar-refractivity contribution in [3.8, 4) is 0 Å². The highest BCUT2D eigenvalue weighted by Crippen LogP contribution is 2.17. The Morgan fingerprint density at radius 1 is 1.33 bits per heavy atom. The lowest BCUT2D eigenvalue weighted by Gasteiger charge is -2.11. The molecular formula is C15H24N4O2. The lowest BCUT2D eigenvalue weighted by molar-refractivity contribution is -0.122. The first-order valence-electron chi connectivity index (χ1n) is 7.79. The summed E-state index contributed by atoms with van der Waals surface area (Å²) in [6.07, 6.45) is 10.2. The van der Waals surface area contributed by atoms with Crippen LogP contribution in [0.2, 0.25) is 0 Å². The molecular weight excluding hydrogens is 268 g/mol. The molecule has 0 radical (unpaired) electrons. The van der Waals surface area contributed by atoms with Gasteiger partial charge in [0.25, 0.3) is 0 Å². The molecule has 0 saturated heterocycles. The van der Waals surface area contributed by atoms with Crippen molar-refractivity contribution in [2.45, 2.75) is 64.5 Å². The third-order valence-corrected chi connectivity index (χ3v) is 3.70. The zero-order valence-corrected chi connectivity index (χ0v) is 12.6. The van der Waals surface area contributed by atoms with E-state index < -0.39 is 0 Å². The van der Waals surface area contributed by atoms with Gasteiger partial charge < -0.3 is 10.6 Å². The van der Waals surface area contributed by atoms with Crippen LogP contribution < -0.4 is 10.6 Å². The molecule has 0 bridgehead atoms. The van der Waals surface area contributed by atoms with Crippen molar-refractivity contribution >= 4 is 17.5 Å². The minimum Gasteiger partial charge on any atom is -0.352 e. The molecule has 1 heterocycles. The first-order chi connectivity index (χ1) is 10.2. The Kier molecular flexibility index (Phi) is 5.78. The first-order valence-corrected chi connectivity index (χ1v) is 7.79. The molecule has 0 unspecified atom stereocenters. The maximum atomic E-state index is 11.9. The smallest absolute Gasteiger partial charge is 0.241 e. The van der Waals surface area contributed by atoms with E-state index in [4.69, 9.17) is 0 Å². The molecule has 1 aromatic heterocycles. The first kappa shape index (κ1) is 15.5. The van der Waals surface area contributed by atoms with E-state index in [0.717, 1.165) is 25.7 Å². The van der Waals surface area contributed by atoms with Crippen molar-refractivity contribution in [3.05, 3.63) is 12.4 Å². The average molecular weight is 292 g/mol. The molecule has 1 saturated carbocycles. The number of nitrogens with one attached hydrogen (secondary N) is 2. The Hall–Kier alpha value is -1.85. The maximum absolute atomic E-state index is 11.9. The molecule has 0 spiro atoms. The number of unbranched alkanes of at least 4 members (excludes halogenated alkanes) is 1. The van der Waals surface area contributed by atoms with Gasteiger partial charge in [0.15, 0.2) is 0 Å². The summed E-state index contributed by atoms with van der Waals surface area (Å²) in [7, 11) is 0. The number of nitrogens with zero attached hydrogens (tertiary/aromatic N) is 2. The summed E-state index contributed by atoms with van der Waals surface area (Å²) in [5.41, 5.74) is 0.643. The molecule has 2 rings (SSSR count). The standard InChI is InChI=1S/C15H24N4O2/c1-2-3-8-14(20)18-13-9-16-19(10-13)11-15(21)17-12-6-4-5-7-12/h9-10,12H,2-8,11H2,1H3,(H,17,21)(H,18,20). The summed E-state index contributed by atoms with van der Waals surface area (Å²) in [6, 6.07) is 0.321. The van der Waals surface area contributed by atoms with Crippen LogP contribution in [0, 0.1) is 0 Å². The lowest BCUT2D eigenvalue weighted by atomic mass is 10.2. The van der Waals surface area contributed by atoms with Crippen molar-refractivity contribution in [2.75, 3.05) is 5.32 Å². The highest BCUT2D eigenvalue weighted by atomic mass is 16.2. The molecule has 2 amide bonds. The Balaban J connectivity index is 1.76. The number of carbonyl (C=O) groups excluding carboxylic acids is 2. The Bertz CT molecular complexity index is 478. The van der Waals surface area contributed by atoms with Crippen LogP contribution in [0.1, 0.15) is 51.9 Å². The van der Waals surface area contributed by atoms with Crippen molar-refractivity contribution in [1.29, 1.82) is 0 Å². The van der Waals surface area contributed by atoms with E-state index in [9.17, 15) is 9.59 Å². The van der Waals surface area contributed by atoms with Gasteiger partial charge in [0, 0.05) is 18.7 Å². The Labute approximate surface area is 125 Å². The topological polar surface area (TPSA) is 76.0 Å². The zero-order valence-electron chi connectivity index (χ0n) is 12.6. The summed E-state index contributed by atoms with van der Waals surface area (Å²) >= 11 is 0. The highest BCUT2D eigenvalue weighted by molar-refractivity contribution is 5.90. The maximum Gasteiger partial charge on any atom is 0.241 e. The number of anilines is 1. The predicted molar refractivity (Wildman–Crippen MR) is 80.8 cm³/mol. The number of hydrogen-bond acceptors (Lipinski definition) is 3. The van der Waals surface area contributed by atoms with E-state index in [0.29, 0.717) is 18.2 Å². The molecule has 21 heavy (non-hydrogen) atoms. The predicted octanol–water partition coefficient (Wildman–Crippen LogP) is 2.07. The van der Waals surface area contributed by atoms with Crippen molar-refractivity contribution in [2.24, 2.45) is 0 Å². The molecule has 2 N–H and O–H groups in total. The van der Waals surface area contributed by atoms with E-state index in [1.807, 2.05) is 6.92 Å². The SMILES string of the molecule is CCCCC(=O)Nc1cnn(CC(=O)NC2CCCC2)c1. The minimum atomic E-state index is -0.0196. The summed E-state index contributed by atoms with van der Waals surface area (Å²) < 4.78 is 1.56. The van der Waals surface area contributed by atoms with Gasteiger partial charge in [0.2, 0.25) is 11.8 Å². The Morgan fingerprint density at radius 3 is 2.81 bits per heavy atom. The molecule has 6 nitrogen and oxygen atoms in total. The molecule has 1 fully saturated rings. The normalized spacial score (nSPS) is 15.1. The van der Waals surface area contributed by atoms with Crippen LogP contribution in [0.4, 0.5) is 5.69 Å². The molecule has 1 aliphatic rings. The van der Waals surface area contributed by atoms with Crippen molar-refractivity contribution in [3.63, 3.8) is 0 Å². The van der Waals surface area contributed by atoms with Gasteiger partial charge in [-0.15, -0.1) is 0 Å². The fourth-order valence-electron chi connectivity index (χ4n) is 2.57. The average Bonchev–Trinajstić information content (AvgIpc) is 3.08. The van der Waals surface area contributed by atoms with Crippen LogP contribution in [0.5, 0.6) is 0 Å². The van der Waals surface area contributed by atoms with E-state index >= 15 is 0 Å². The van der Waals surface area contributed by atoms with Crippen LogP contribution >= 0.6 is 0 Å². The number of aromatic nitrogens is 2. The summed E-state index contributed by atoms with van der Waals surface area (Å²) in [5.74, 6) is -0.0272. The number of amides is 2. The lowest BCUT2D eigenvalue weighted by Crippen LogP contribution is -2.35. The van der Waals surface area contributed by atoms with E-state index in [2.05, 4.69) is 15.7 Å². The number of hydrogen-bond donors (Lipinski definition) is 2. The molecule has 0 aromatic carbocycles. The van der Waals surface area contributed by atoms with Crippen molar-refractivity contribution in [1.82, 2.24) is 15.1 Å². The summed E-state index contributed by atoms with van der Waals surface area (Å²) in [4.78, 5) is 23.5. The molecule has 0 atom stereocenters. The second kappa shape index (κ2) is 7.81. The van der Waals surface area contributed by atoms with Gasteiger partial charge in [-0.05, 0) is 19.3 Å². The minimum absolute atomic E-state index is 0.00759. The molecule has 1 aliphatic carbocycles. The van der Waals surface area contributed by atoms with Gasteiger partial charge in [-0.3, -0.25) is 14.3 Å². The number of carbonyl (C=O) groups is 2. The number of rotatable bonds is 7. The van der Waals surface area contributed by atoms with Crippen molar-refractivity contribution < 1.29 is 9.59 Å². The molecule has 6 heteroatoms. The molecule has 0 aliphatic heterocycles. The van der Waals surface area contributed by atoms with Gasteiger partial charge >= 0.3 is 0 Å². The Morgan fingerprint density at radius 2 is 2.10 bits per heavy atom. The van der Waals surface area contributed by atoms with Gasteiger partial charge in [-0.2, -0.15) is 5.10 Å². The van der Waals surface area contributed by atoms with Gasteiger partial charge in [-0.25, -0.2) is 0 Å². The third kappa shape index (κ3) is 5.21. The van der Waals surface area contributed by atoms with Gasteiger partial charge in [0.05, 0.1) is 11.9 Å². The summed E-state index contributed by atoms with van der Waals surface area (Å²) in [5, 5.41) is 9.91. The van der Waals surface area contributed by atoms with Crippen LogP contribution in [0.25, 0.3) is 0 Å². The van der Waals surface area contributed by atoms with E-state index in [-0.39, 0.29) is 18.4 Å². The third-order valence-electron chi connectivity index (χ3n) is 3.70. The summed E-state index contributed by atoms with van der Waals surface area (Å²) in [6.45, 7) is 2.25. The fourth-order valence-corrected chi connectivity index (χ4v) is 2.57.